The summed E-state index contributed by atoms with van der Waals surface area (Å²) in [6.45, 7) is 1.83. The third kappa shape index (κ3) is 2.24. The van der Waals surface area contributed by atoms with Crippen molar-refractivity contribution in [3.05, 3.63) is 69.7 Å². The summed E-state index contributed by atoms with van der Waals surface area (Å²) in [6, 6.07) is 8.49. The Hall–Kier alpha value is -1.45. The molecule has 2 rings (SSSR count). The topological polar surface area (TPSA) is 26.0 Å². The maximum absolute atomic E-state index is 13.7. The molecule has 0 radical (unpaired) electrons. The van der Waals surface area contributed by atoms with Crippen LogP contribution in [0.3, 0.4) is 0 Å². The van der Waals surface area contributed by atoms with E-state index in [1.807, 2.05) is 13.0 Å². The minimum Gasteiger partial charge on any atom is -0.320 e. The van der Waals surface area contributed by atoms with E-state index >= 15 is 0 Å². The van der Waals surface area contributed by atoms with Gasteiger partial charge in [0.25, 0.3) is 0 Å². The van der Waals surface area contributed by atoms with E-state index in [0.29, 0.717) is 10.6 Å². The molecular formula is C14H12ClF2N. The monoisotopic (exact) mass is 267 g/mol. The third-order valence-corrected chi connectivity index (χ3v) is 3.39. The van der Waals surface area contributed by atoms with E-state index in [1.54, 1.807) is 12.1 Å². The van der Waals surface area contributed by atoms with Crippen molar-refractivity contribution in [2.45, 2.75) is 13.0 Å². The Bertz CT molecular complexity index is 533. The van der Waals surface area contributed by atoms with Gasteiger partial charge in [0.05, 0.1) is 6.04 Å². The molecule has 0 aliphatic heterocycles. The molecule has 0 saturated carbocycles. The average molecular weight is 268 g/mol. The van der Waals surface area contributed by atoms with Gasteiger partial charge in [-0.2, -0.15) is 0 Å². The predicted octanol–water partition coefficient (Wildman–Crippen LogP) is 3.97. The molecule has 1 unspecified atom stereocenters. The highest BCUT2D eigenvalue weighted by molar-refractivity contribution is 6.32. The number of hydrogen-bond donors (Lipinski definition) is 1. The van der Waals surface area contributed by atoms with Crippen molar-refractivity contribution < 1.29 is 8.78 Å². The molecule has 4 heteroatoms. The summed E-state index contributed by atoms with van der Waals surface area (Å²) >= 11 is 6.13. The van der Waals surface area contributed by atoms with Crippen molar-refractivity contribution in [3.63, 3.8) is 0 Å². The Balaban J connectivity index is 2.51. The van der Waals surface area contributed by atoms with E-state index in [-0.39, 0.29) is 5.56 Å². The summed E-state index contributed by atoms with van der Waals surface area (Å²) in [6.07, 6.45) is 0. The lowest BCUT2D eigenvalue weighted by atomic mass is 9.97. The second-order valence-corrected chi connectivity index (χ2v) is 4.48. The van der Waals surface area contributed by atoms with Gasteiger partial charge in [-0.25, -0.2) is 8.78 Å². The molecule has 94 valence electrons. The zero-order valence-electron chi connectivity index (χ0n) is 9.75. The summed E-state index contributed by atoms with van der Waals surface area (Å²) in [5, 5.41) is 0.480. The lowest BCUT2D eigenvalue weighted by molar-refractivity contribution is 0.494. The maximum atomic E-state index is 13.7. The highest BCUT2D eigenvalue weighted by atomic mass is 35.5. The second-order valence-electron chi connectivity index (χ2n) is 4.10. The molecule has 0 saturated heterocycles. The van der Waals surface area contributed by atoms with Gasteiger partial charge in [0.1, 0.15) is 0 Å². The summed E-state index contributed by atoms with van der Waals surface area (Å²) in [4.78, 5) is 0. The minimum absolute atomic E-state index is 0.0995. The van der Waals surface area contributed by atoms with Crippen LogP contribution in [0.2, 0.25) is 5.02 Å². The van der Waals surface area contributed by atoms with Gasteiger partial charge >= 0.3 is 0 Å². The maximum Gasteiger partial charge on any atom is 0.163 e. The fourth-order valence-electron chi connectivity index (χ4n) is 1.84. The molecule has 0 bridgehead atoms. The SMILES string of the molecule is Cc1cccc(C(N)c2cccc(F)c2F)c1Cl. The van der Waals surface area contributed by atoms with Gasteiger partial charge in [0, 0.05) is 10.6 Å². The normalized spacial score (nSPS) is 12.5. The van der Waals surface area contributed by atoms with Crippen LogP contribution in [-0.2, 0) is 0 Å². The van der Waals surface area contributed by atoms with E-state index < -0.39 is 17.7 Å². The summed E-state index contributed by atoms with van der Waals surface area (Å²) in [7, 11) is 0. The fraction of sp³-hybridized carbons (Fsp3) is 0.143. The van der Waals surface area contributed by atoms with Crippen LogP contribution in [0, 0.1) is 18.6 Å². The molecule has 18 heavy (non-hydrogen) atoms. The van der Waals surface area contributed by atoms with Gasteiger partial charge in [-0.05, 0) is 24.1 Å². The van der Waals surface area contributed by atoms with E-state index in [4.69, 9.17) is 17.3 Å². The zero-order valence-corrected chi connectivity index (χ0v) is 10.5. The van der Waals surface area contributed by atoms with E-state index in [9.17, 15) is 8.78 Å². The Labute approximate surface area is 109 Å². The Morgan fingerprint density at radius 2 is 1.67 bits per heavy atom. The van der Waals surface area contributed by atoms with E-state index in [0.717, 1.165) is 11.6 Å². The first kappa shape index (κ1) is 13.0. The molecule has 0 aliphatic rings. The fourth-order valence-corrected chi connectivity index (χ4v) is 2.08. The van der Waals surface area contributed by atoms with Gasteiger partial charge < -0.3 is 5.73 Å². The van der Waals surface area contributed by atoms with Crippen LogP contribution in [-0.4, -0.2) is 0 Å². The molecule has 0 aliphatic carbocycles. The van der Waals surface area contributed by atoms with Crippen LogP contribution in [0.25, 0.3) is 0 Å². The summed E-state index contributed by atoms with van der Waals surface area (Å²) in [5.74, 6) is -1.84. The van der Waals surface area contributed by atoms with E-state index in [2.05, 4.69) is 0 Å². The first-order valence-electron chi connectivity index (χ1n) is 5.47. The molecule has 2 aromatic carbocycles. The number of rotatable bonds is 2. The molecule has 1 atom stereocenters. The molecule has 0 spiro atoms. The summed E-state index contributed by atoms with van der Waals surface area (Å²) in [5.41, 5.74) is 7.50. The average Bonchev–Trinajstić information content (AvgIpc) is 2.35. The first-order valence-corrected chi connectivity index (χ1v) is 5.84. The zero-order chi connectivity index (χ0) is 13.3. The van der Waals surface area contributed by atoms with Crippen LogP contribution in [0.4, 0.5) is 8.78 Å². The number of benzene rings is 2. The van der Waals surface area contributed by atoms with Crippen molar-refractivity contribution in [3.8, 4) is 0 Å². The lowest BCUT2D eigenvalue weighted by Gasteiger charge is -2.16. The number of nitrogens with two attached hydrogens (primary N) is 1. The molecule has 1 nitrogen and oxygen atoms in total. The highest BCUT2D eigenvalue weighted by Crippen LogP contribution is 2.30. The predicted molar refractivity (Wildman–Crippen MR) is 68.6 cm³/mol. The van der Waals surface area contributed by atoms with Crippen molar-refractivity contribution in [2.75, 3.05) is 0 Å². The smallest absolute Gasteiger partial charge is 0.163 e. The largest absolute Gasteiger partial charge is 0.320 e. The molecule has 0 heterocycles. The van der Waals surface area contributed by atoms with Gasteiger partial charge in [0.2, 0.25) is 0 Å². The Morgan fingerprint density at radius 3 is 2.39 bits per heavy atom. The van der Waals surface area contributed by atoms with Crippen molar-refractivity contribution in [1.82, 2.24) is 0 Å². The van der Waals surface area contributed by atoms with Crippen molar-refractivity contribution >= 4 is 11.6 Å². The van der Waals surface area contributed by atoms with Crippen LogP contribution in [0.1, 0.15) is 22.7 Å². The molecule has 0 fully saturated rings. The van der Waals surface area contributed by atoms with Gasteiger partial charge in [-0.15, -0.1) is 0 Å². The Morgan fingerprint density at radius 1 is 1.06 bits per heavy atom. The molecule has 2 aromatic rings. The number of aryl methyl sites for hydroxylation is 1. The molecule has 0 aromatic heterocycles. The quantitative estimate of drug-likeness (QED) is 0.875. The summed E-state index contributed by atoms with van der Waals surface area (Å²) < 4.78 is 26.8. The van der Waals surface area contributed by atoms with Gasteiger partial charge in [-0.3, -0.25) is 0 Å². The van der Waals surface area contributed by atoms with Crippen LogP contribution in [0.5, 0.6) is 0 Å². The van der Waals surface area contributed by atoms with Gasteiger partial charge in [0.15, 0.2) is 11.6 Å². The van der Waals surface area contributed by atoms with Crippen LogP contribution >= 0.6 is 11.6 Å². The van der Waals surface area contributed by atoms with Crippen LogP contribution in [0.15, 0.2) is 36.4 Å². The number of hydrogen-bond acceptors (Lipinski definition) is 1. The third-order valence-electron chi connectivity index (χ3n) is 2.87. The van der Waals surface area contributed by atoms with Gasteiger partial charge in [-0.1, -0.05) is 41.9 Å². The number of halogens is 3. The second kappa shape index (κ2) is 5.04. The minimum atomic E-state index is -0.928. The molecule has 0 amide bonds. The van der Waals surface area contributed by atoms with E-state index in [1.165, 1.54) is 12.1 Å². The lowest BCUT2D eigenvalue weighted by Crippen LogP contribution is -2.15. The Kier molecular flexibility index (Phi) is 3.64. The highest BCUT2D eigenvalue weighted by Gasteiger charge is 2.18. The molecule has 2 N–H and O–H groups in total. The van der Waals surface area contributed by atoms with Crippen molar-refractivity contribution in [1.29, 1.82) is 0 Å². The van der Waals surface area contributed by atoms with Crippen LogP contribution < -0.4 is 5.73 Å². The van der Waals surface area contributed by atoms with Crippen molar-refractivity contribution in [2.24, 2.45) is 5.73 Å². The standard InChI is InChI=1S/C14H12ClF2N/c1-8-4-2-5-9(12(8)15)14(18)10-6-3-7-11(16)13(10)17/h2-7,14H,18H2,1H3. The first-order chi connectivity index (χ1) is 8.52. The molecular weight excluding hydrogens is 256 g/mol.